The molecule has 5 rings (SSSR count). The number of pyridine rings is 1. The lowest BCUT2D eigenvalue weighted by molar-refractivity contribution is 0.0642. The number of nitrogens with zero attached hydrogens (tertiary/aromatic N) is 3. The fraction of sp³-hybridized carbons (Fsp3) is 0.250. The first-order valence-electron chi connectivity index (χ1n) is 10.4. The molecule has 0 saturated carbocycles. The van der Waals surface area contributed by atoms with E-state index in [4.69, 9.17) is 0 Å². The van der Waals surface area contributed by atoms with Crippen LogP contribution >= 0.6 is 0 Å². The number of hydrogen-bond donors (Lipinski definition) is 2. The smallest absolute Gasteiger partial charge is 0.277 e. The van der Waals surface area contributed by atoms with Gasteiger partial charge in [-0.1, -0.05) is 48.5 Å². The molecule has 2 heterocycles. The van der Waals surface area contributed by atoms with Crippen LogP contribution in [0.3, 0.4) is 0 Å². The number of carbonyl (C=O) groups is 1. The van der Waals surface area contributed by atoms with E-state index in [-0.39, 0.29) is 31.6 Å². The summed E-state index contributed by atoms with van der Waals surface area (Å²) in [4.78, 5) is 26.6. The number of carbonyl (C=O) groups excluding carboxylic acids is 1. The first-order valence-corrected chi connectivity index (χ1v) is 10.4. The summed E-state index contributed by atoms with van der Waals surface area (Å²) in [6.45, 7) is 0.102. The van der Waals surface area contributed by atoms with Gasteiger partial charge in [0.1, 0.15) is 6.67 Å². The van der Waals surface area contributed by atoms with Crippen molar-refractivity contribution < 1.29 is 15.0 Å². The Balaban J connectivity index is 1.77. The zero-order valence-corrected chi connectivity index (χ0v) is 16.9. The minimum Gasteiger partial charge on any atom is -0.502 e. The number of aromatic hydroxyl groups is 1. The SMILES string of the molecule is O=C1c2c(O)c(=O)ccn2N(C2c3ccccc3CCc3ccccc32)CN1CCO. The van der Waals surface area contributed by atoms with Crippen LogP contribution in [0.1, 0.15) is 38.8 Å². The number of benzene rings is 2. The van der Waals surface area contributed by atoms with Crippen LogP contribution in [-0.2, 0) is 12.8 Å². The molecule has 2 N–H and O–H groups in total. The minimum atomic E-state index is -0.605. The summed E-state index contributed by atoms with van der Waals surface area (Å²) < 4.78 is 1.59. The molecule has 1 aliphatic carbocycles. The van der Waals surface area contributed by atoms with Gasteiger partial charge < -0.3 is 15.1 Å². The molecule has 0 fully saturated rings. The van der Waals surface area contributed by atoms with Crippen molar-refractivity contribution in [2.24, 2.45) is 0 Å². The van der Waals surface area contributed by atoms with E-state index in [0.717, 1.165) is 24.0 Å². The van der Waals surface area contributed by atoms with E-state index in [0.29, 0.717) is 0 Å². The summed E-state index contributed by atoms with van der Waals surface area (Å²) in [6, 6.07) is 17.5. The summed E-state index contributed by atoms with van der Waals surface area (Å²) in [5.74, 6) is -1.05. The lowest BCUT2D eigenvalue weighted by Gasteiger charge is -2.44. The number of β-amino-alcohol motifs (C(OH)–C–C–N with tert-alkyl or cyclic N) is 1. The maximum absolute atomic E-state index is 13.0. The molecule has 0 spiro atoms. The predicted molar refractivity (Wildman–Crippen MR) is 116 cm³/mol. The maximum atomic E-state index is 13.0. The Kier molecular flexibility index (Phi) is 4.75. The largest absolute Gasteiger partial charge is 0.502 e. The predicted octanol–water partition coefficient (Wildman–Crippen LogP) is 1.79. The van der Waals surface area contributed by atoms with E-state index in [1.54, 1.807) is 10.9 Å². The van der Waals surface area contributed by atoms with Crippen molar-refractivity contribution >= 4 is 5.91 Å². The van der Waals surface area contributed by atoms with Gasteiger partial charge in [0.05, 0.1) is 12.6 Å². The third kappa shape index (κ3) is 3.09. The van der Waals surface area contributed by atoms with Crippen molar-refractivity contribution in [3.8, 4) is 5.75 Å². The first kappa shape index (κ1) is 19.4. The van der Waals surface area contributed by atoms with Crippen LogP contribution in [0.5, 0.6) is 5.75 Å². The number of aryl methyl sites for hydroxylation is 2. The molecule has 1 aromatic heterocycles. The highest BCUT2D eigenvalue weighted by Crippen LogP contribution is 2.37. The van der Waals surface area contributed by atoms with Crippen molar-refractivity contribution in [2.75, 3.05) is 24.8 Å². The van der Waals surface area contributed by atoms with E-state index in [1.807, 2.05) is 29.3 Å². The standard InChI is InChI=1S/C24H23N3O4/c28-14-13-25-15-27(26-12-11-20(29)23(30)22(26)24(25)31)21-18-7-3-1-5-16(18)9-10-17-6-2-4-8-19(17)21/h1-8,11-12,21,28,30H,9-10,13-15H2. The Morgan fingerprint density at radius 2 is 1.52 bits per heavy atom. The molecule has 3 aromatic rings. The Bertz CT molecular complexity index is 1170. The zero-order valence-electron chi connectivity index (χ0n) is 16.9. The average molecular weight is 417 g/mol. The fourth-order valence-electron chi connectivity index (χ4n) is 4.70. The molecule has 0 radical (unpaired) electrons. The topological polar surface area (TPSA) is 86.0 Å². The van der Waals surface area contributed by atoms with E-state index in [2.05, 4.69) is 24.3 Å². The molecular formula is C24H23N3O4. The van der Waals surface area contributed by atoms with Crippen molar-refractivity contribution in [3.05, 3.63) is 99.0 Å². The van der Waals surface area contributed by atoms with Gasteiger partial charge in [0.15, 0.2) is 11.4 Å². The van der Waals surface area contributed by atoms with Crippen LogP contribution in [0.4, 0.5) is 0 Å². The Labute approximate surface area is 179 Å². The van der Waals surface area contributed by atoms with Gasteiger partial charge in [-0.2, -0.15) is 0 Å². The molecule has 2 aromatic carbocycles. The molecule has 31 heavy (non-hydrogen) atoms. The molecule has 2 aliphatic rings. The Morgan fingerprint density at radius 1 is 0.903 bits per heavy atom. The van der Waals surface area contributed by atoms with Gasteiger partial charge in [-0.3, -0.25) is 19.3 Å². The summed E-state index contributed by atoms with van der Waals surface area (Å²) in [5.41, 5.74) is 4.01. The molecular weight excluding hydrogens is 394 g/mol. The second kappa shape index (κ2) is 7.59. The van der Waals surface area contributed by atoms with Crippen LogP contribution < -0.4 is 10.4 Å². The Hall–Kier alpha value is -3.58. The molecule has 158 valence electrons. The molecule has 7 heteroatoms. The summed E-state index contributed by atoms with van der Waals surface area (Å²) in [5, 5.41) is 22.0. The third-order valence-corrected chi connectivity index (χ3v) is 6.17. The second-order valence-corrected chi connectivity index (χ2v) is 7.90. The van der Waals surface area contributed by atoms with Gasteiger partial charge in [-0.15, -0.1) is 0 Å². The van der Waals surface area contributed by atoms with Crippen molar-refractivity contribution in [1.82, 2.24) is 9.58 Å². The molecule has 1 aliphatic heterocycles. The maximum Gasteiger partial charge on any atom is 0.277 e. The quantitative estimate of drug-likeness (QED) is 0.679. The van der Waals surface area contributed by atoms with Crippen molar-refractivity contribution in [2.45, 2.75) is 18.9 Å². The molecule has 1 amide bonds. The molecule has 7 nitrogen and oxygen atoms in total. The highest BCUT2D eigenvalue weighted by Gasteiger charge is 2.38. The highest BCUT2D eigenvalue weighted by atomic mass is 16.3. The molecule has 0 atom stereocenters. The Morgan fingerprint density at radius 3 is 2.13 bits per heavy atom. The van der Waals surface area contributed by atoms with Gasteiger partial charge in [-0.05, 0) is 35.1 Å². The van der Waals surface area contributed by atoms with Crippen molar-refractivity contribution in [3.63, 3.8) is 0 Å². The normalized spacial score (nSPS) is 15.8. The third-order valence-electron chi connectivity index (χ3n) is 6.17. The van der Waals surface area contributed by atoms with Crippen LogP contribution in [0.2, 0.25) is 0 Å². The number of aliphatic hydroxyl groups is 1. The van der Waals surface area contributed by atoms with Crippen LogP contribution in [0.15, 0.2) is 65.6 Å². The number of aromatic nitrogens is 1. The zero-order chi connectivity index (χ0) is 21.5. The molecule has 0 bridgehead atoms. The van der Waals surface area contributed by atoms with Crippen molar-refractivity contribution in [1.29, 1.82) is 0 Å². The second-order valence-electron chi connectivity index (χ2n) is 7.90. The highest BCUT2D eigenvalue weighted by molar-refractivity contribution is 5.96. The average Bonchev–Trinajstić information content (AvgIpc) is 2.95. The van der Waals surface area contributed by atoms with Gasteiger partial charge in [-0.25, -0.2) is 0 Å². The van der Waals surface area contributed by atoms with E-state index in [9.17, 15) is 19.8 Å². The molecule has 0 unspecified atom stereocenters. The number of rotatable bonds is 3. The monoisotopic (exact) mass is 417 g/mol. The van der Waals surface area contributed by atoms with Gasteiger partial charge >= 0.3 is 0 Å². The molecule has 0 saturated heterocycles. The number of fused-ring (bicyclic) bond motifs is 3. The number of amides is 1. The van der Waals surface area contributed by atoms with E-state index in [1.165, 1.54) is 22.1 Å². The van der Waals surface area contributed by atoms with E-state index >= 15 is 0 Å². The summed E-state index contributed by atoms with van der Waals surface area (Å²) in [7, 11) is 0. The summed E-state index contributed by atoms with van der Waals surface area (Å²) >= 11 is 0. The van der Waals surface area contributed by atoms with Crippen LogP contribution in [0.25, 0.3) is 0 Å². The van der Waals surface area contributed by atoms with Crippen LogP contribution in [0, 0.1) is 0 Å². The fourth-order valence-corrected chi connectivity index (χ4v) is 4.70. The number of aliphatic hydroxyl groups excluding tert-OH is 1. The first-order chi connectivity index (χ1) is 15.1. The minimum absolute atomic E-state index is 0.0774. The van der Waals surface area contributed by atoms with E-state index < -0.39 is 17.1 Å². The number of hydrogen-bond acceptors (Lipinski definition) is 5. The van der Waals surface area contributed by atoms with Crippen LogP contribution in [-0.4, -0.2) is 45.5 Å². The van der Waals surface area contributed by atoms with Gasteiger partial charge in [0.2, 0.25) is 5.43 Å². The lowest BCUT2D eigenvalue weighted by atomic mass is 9.94. The van der Waals surface area contributed by atoms with Gasteiger partial charge in [0.25, 0.3) is 5.91 Å². The lowest BCUT2D eigenvalue weighted by Crippen LogP contribution is -2.56. The summed E-state index contributed by atoms with van der Waals surface area (Å²) in [6.07, 6.45) is 3.35. The van der Waals surface area contributed by atoms with Gasteiger partial charge in [0, 0.05) is 18.8 Å².